The molecule has 1 aromatic heterocycles. The number of furan rings is 1. The molecule has 0 bridgehead atoms. The minimum absolute atomic E-state index is 0.190. The summed E-state index contributed by atoms with van der Waals surface area (Å²) in [4.78, 5) is 12.4. The van der Waals surface area contributed by atoms with Gasteiger partial charge in [0.05, 0.1) is 13.2 Å². The third kappa shape index (κ3) is 7.98. The van der Waals surface area contributed by atoms with Crippen LogP contribution in [-0.2, 0) is 11.3 Å². The fourth-order valence-electron chi connectivity index (χ4n) is 2.74. The number of fused-ring (bicyclic) bond motifs is 1. The normalized spacial score (nSPS) is 10.3. The van der Waals surface area contributed by atoms with Gasteiger partial charge in [-0.25, -0.2) is 0 Å². The summed E-state index contributed by atoms with van der Waals surface area (Å²) in [5, 5.41) is 6.70. The van der Waals surface area contributed by atoms with Crippen LogP contribution in [0.5, 0.6) is 0 Å². The van der Waals surface area contributed by atoms with E-state index in [-0.39, 0.29) is 10.9 Å². The highest BCUT2D eigenvalue weighted by atomic mass is 32.1. The van der Waals surface area contributed by atoms with Crippen molar-refractivity contribution < 1.29 is 13.9 Å². The van der Waals surface area contributed by atoms with E-state index in [4.69, 9.17) is 21.4 Å². The summed E-state index contributed by atoms with van der Waals surface area (Å²) in [6.07, 6.45) is 5.60. The molecular formula is C26H28N2O3S. The smallest absolute Gasteiger partial charge is 0.293 e. The Bertz CT molecular complexity index is 1080. The summed E-state index contributed by atoms with van der Waals surface area (Å²) in [6.45, 7) is 12.0. The quantitative estimate of drug-likeness (QED) is 0.249. The standard InChI is InChI=1S/C23H22N2O3S.C3H6/c1-3-7-16(2)14-27-15-17-8-6-10-19(12-17)24-23(29)25-22(26)21-13-18-9-4-5-11-20(18)28-21;1-3-2/h3-13H,2,14-15H2,1H3,(H2,24,25,26,29);3H,1H2,2H3/b7-3-;. The number of carbonyl (C=O) groups excluding carboxylic acids is 1. The van der Waals surface area contributed by atoms with Crippen molar-refractivity contribution in [1.29, 1.82) is 0 Å². The van der Waals surface area contributed by atoms with E-state index >= 15 is 0 Å². The number of carbonyl (C=O) groups is 1. The lowest BCUT2D eigenvalue weighted by atomic mass is 10.2. The van der Waals surface area contributed by atoms with Crippen LogP contribution in [0.2, 0.25) is 0 Å². The molecule has 0 aliphatic rings. The second-order valence-corrected chi connectivity index (χ2v) is 7.22. The predicted octanol–water partition coefficient (Wildman–Crippen LogP) is 6.40. The summed E-state index contributed by atoms with van der Waals surface area (Å²) < 4.78 is 11.2. The van der Waals surface area contributed by atoms with E-state index in [1.165, 1.54) is 0 Å². The lowest BCUT2D eigenvalue weighted by Crippen LogP contribution is -2.33. The molecule has 0 spiro atoms. The van der Waals surface area contributed by atoms with Crippen molar-refractivity contribution >= 4 is 39.9 Å². The van der Waals surface area contributed by atoms with E-state index in [2.05, 4.69) is 23.8 Å². The molecule has 166 valence electrons. The number of para-hydroxylation sites is 1. The van der Waals surface area contributed by atoms with Crippen LogP contribution in [-0.4, -0.2) is 17.6 Å². The summed E-state index contributed by atoms with van der Waals surface area (Å²) in [6, 6.07) is 16.8. The van der Waals surface area contributed by atoms with Gasteiger partial charge in [0.1, 0.15) is 5.58 Å². The number of rotatable bonds is 7. The lowest BCUT2D eigenvalue weighted by molar-refractivity contribution is 0.0953. The molecule has 0 aliphatic carbocycles. The topological polar surface area (TPSA) is 63.5 Å². The molecule has 2 aromatic carbocycles. The van der Waals surface area contributed by atoms with Gasteiger partial charge in [-0.1, -0.05) is 55.1 Å². The Morgan fingerprint density at radius 2 is 1.91 bits per heavy atom. The Balaban J connectivity index is 0.00000114. The largest absolute Gasteiger partial charge is 0.451 e. The Hall–Kier alpha value is -3.48. The second kappa shape index (κ2) is 13.0. The number of benzene rings is 2. The fraction of sp³-hybridized carbons (Fsp3) is 0.154. The molecule has 1 heterocycles. The van der Waals surface area contributed by atoms with Gasteiger partial charge >= 0.3 is 0 Å². The number of nitrogens with one attached hydrogen (secondary N) is 2. The lowest BCUT2D eigenvalue weighted by Gasteiger charge is -2.10. The van der Waals surface area contributed by atoms with E-state index in [0.29, 0.717) is 18.8 Å². The molecule has 0 saturated heterocycles. The van der Waals surface area contributed by atoms with Gasteiger partial charge in [0.2, 0.25) is 0 Å². The molecule has 2 N–H and O–H groups in total. The van der Waals surface area contributed by atoms with Gasteiger partial charge < -0.3 is 14.5 Å². The molecular weight excluding hydrogens is 420 g/mol. The van der Waals surface area contributed by atoms with E-state index in [9.17, 15) is 4.79 Å². The Kier molecular flexibility index (Phi) is 10.1. The van der Waals surface area contributed by atoms with Gasteiger partial charge in [0.25, 0.3) is 5.91 Å². The molecule has 0 radical (unpaired) electrons. The van der Waals surface area contributed by atoms with Gasteiger partial charge in [-0.05, 0) is 61.5 Å². The molecule has 3 aromatic rings. The third-order valence-corrected chi connectivity index (χ3v) is 4.22. The van der Waals surface area contributed by atoms with Crippen molar-refractivity contribution in [3.8, 4) is 0 Å². The van der Waals surface area contributed by atoms with Gasteiger partial charge in [0.15, 0.2) is 10.9 Å². The first-order valence-corrected chi connectivity index (χ1v) is 10.5. The van der Waals surface area contributed by atoms with Crippen molar-refractivity contribution in [2.24, 2.45) is 0 Å². The summed E-state index contributed by atoms with van der Waals surface area (Å²) in [5.74, 6) is -0.195. The molecule has 32 heavy (non-hydrogen) atoms. The first kappa shape index (κ1) is 24.8. The third-order valence-electron chi connectivity index (χ3n) is 4.02. The highest BCUT2D eigenvalue weighted by Gasteiger charge is 2.13. The maximum atomic E-state index is 12.4. The van der Waals surface area contributed by atoms with Gasteiger partial charge in [-0.2, -0.15) is 0 Å². The molecule has 0 unspecified atom stereocenters. The summed E-state index contributed by atoms with van der Waals surface area (Å²) in [5.41, 5.74) is 3.31. The zero-order valence-electron chi connectivity index (χ0n) is 18.4. The first-order chi connectivity index (χ1) is 15.5. The average molecular weight is 449 g/mol. The maximum absolute atomic E-state index is 12.4. The second-order valence-electron chi connectivity index (χ2n) is 6.82. The molecule has 6 heteroatoms. The monoisotopic (exact) mass is 448 g/mol. The SMILES string of the molecule is C=C(/C=C\C)COCc1cccc(NC(=S)NC(=O)c2cc3ccccc3o2)c1.C=CC. The van der Waals surface area contributed by atoms with E-state index in [0.717, 1.165) is 22.2 Å². The van der Waals surface area contributed by atoms with Crippen molar-refractivity contribution in [2.75, 3.05) is 11.9 Å². The molecule has 5 nitrogen and oxygen atoms in total. The maximum Gasteiger partial charge on any atom is 0.293 e. The number of anilines is 1. The van der Waals surface area contributed by atoms with Crippen LogP contribution in [0.1, 0.15) is 30.0 Å². The number of hydrogen-bond acceptors (Lipinski definition) is 4. The number of amides is 1. The van der Waals surface area contributed by atoms with Gasteiger partial charge in [0, 0.05) is 11.1 Å². The summed E-state index contributed by atoms with van der Waals surface area (Å²) >= 11 is 5.25. The zero-order valence-corrected chi connectivity index (χ0v) is 19.2. The molecule has 0 saturated carbocycles. The number of allylic oxidation sites excluding steroid dienone is 2. The fourth-order valence-corrected chi connectivity index (χ4v) is 2.95. The molecule has 1 amide bonds. The Morgan fingerprint density at radius 1 is 1.16 bits per heavy atom. The minimum Gasteiger partial charge on any atom is -0.451 e. The van der Waals surface area contributed by atoms with Crippen molar-refractivity contribution in [3.05, 3.63) is 103 Å². The minimum atomic E-state index is -0.402. The summed E-state index contributed by atoms with van der Waals surface area (Å²) in [7, 11) is 0. The number of thiocarbonyl (C=S) groups is 1. The van der Waals surface area contributed by atoms with Crippen molar-refractivity contribution in [1.82, 2.24) is 5.32 Å². The Labute approximate surface area is 194 Å². The van der Waals surface area contributed by atoms with Gasteiger partial charge in [-0.3, -0.25) is 10.1 Å². The number of hydrogen-bond donors (Lipinski definition) is 2. The van der Waals surface area contributed by atoms with E-state index in [1.807, 2.05) is 74.5 Å². The molecule has 0 fully saturated rings. The zero-order chi connectivity index (χ0) is 23.3. The van der Waals surface area contributed by atoms with Crippen LogP contribution in [0.25, 0.3) is 11.0 Å². The first-order valence-electron chi connectivity index (χ1n) is 10.1. The van der Waals surface area contributed by atoms with Crippen LogP contribution in [0.4, 0.5) is 5.69 Å². The van der Waals surface area contributed by atoms with E-state index < -0.39 is 5.91 Å². The molecule has 3 rings (SSSR count). The predicted molar refractivity (Wildman–Crippen MR) is 136 cm³/mol. The number of ether oxygens (including phenoxy) is 1. The molecule has 0 aliphatic heterocycles. The average Bonchev–Trinajstić information content (AvgIpc) is 3.19. The van der Waals surface area contributed by atoms with E-state index in [1.54, 1.807) is 12.1 Å². The van der Waals surface area contributed by atoms with Crippen LogP contribution < -0.4 is 10.6 Å². The van der Waals surface area contributed by atoms with Gasteiger partial charge in [-0.15, -0.1) is 6.58 Å². The van der Waals surface area contributed by atoms with Crippen LogP contribution in [0.3, 0.4) is 0 Å². The highest BCUT2D eigenvalue weighted by Crippen LogP contribution is 2.18. The van der Waals surface area contributed by atoms with Crippen LogP contribution in [0, 0.1) is 0 Å². The van der Waals surface area contributed by atoms with Crippen LogP contribution >= 0.6 is 12.2 Å². The van der Waals surface area contributed by atoms with Crippen molar-refractivity contribution in [2.45, 2.75) is 20.5 Å². The Morgan fingerprint density at radius 3 is 2.62 bits per heavy atom. The van der Waals surface area contributed by atoms with Crippen LogP contribution in [0.15, 0.2) is 96.0 Å². The van der Waals surface area contributed by atoms with Crippen molar-refractivity contribution in [3.63, 3.8) is 0 Å². The molecule has 0 atom stereocenters. The highest BCUT2D eigenvalue weighted by molar-refractivity contribution is 7.80.